The van der Waals surface area contributed by atoms with Crippen LogP contribution in [0.25, 0.3) is 0 Å². The van der Waals surface area contributed by atoms with Gasteiger partial charge in [-0.3, -0.25) is 9.59 Å². The van der Waals surface area contributed by atoms with Gasteiger partial charge < -0.3 is 39.6 Å². The van der Waals surface area contributed by atoms with E-state index in [1.165, 1.54) is 161 Å². The number of hydrogen-bond donors (Lipinski definition) is 3. The number of amides is 1. The summed E-state index contributed by atoms with van der Waals surface area (Å²) >= 11 is 0. The van der Waals surface area contributed by atoms with Gasteiger partial charge in [-0.2, -0.15) is 0 Å². The maximum atomic E-state index is 13.8. The molecule has 1 aliphatic heterocycles. The van der Waals surface area contributed by atoms with E-state index in [-0.39, 0.29) is 18.5 Å². The highest BCUT2D eigenvalue weighted by Gasteiger charge is 2.54. The number of rotatable bonds is 44. The molecule has 0 aliphatic carbocycles. The van der Waals surface area contributed by atoms with Crippen molar-refractivity contribution in [3.05, 3.63) is 95.6 Å². The quantitative estimate of drug-likeness (QED) is 0.0289. The Kier molecular flexibility index (Phi) is 31.2. The zero-order valence-electron chi connectivity index (χ0n) is 47.3. The number of unbranched alkanes of at least 4 members (excludes halogenated alkanes) is 23. The van der Waals surface area contributed by atoms with Crippen molar-refractivity contribution in [3.8, 4) is 11.5 Å². The summed E-state index contributed by atoms with van der Waals surface area (Å²) in [6.07, 6.45) is 34.2. The molecule has 0 unspecified atom stereocenters. The molecule has 3 aromatic carbocycles. The minimum atomic E-state index is -0.981. The molecule has 0 aromatic heterocycles. The van der Waals surface area contributed by atoms with Crippen LogP contribution in [0.1, 0.15) is 210 Å². The predicted octanol–water partition coefficient (Wildman–Crippen LogP) is 14.1. The second-order valence-corrected chi connectivity index (χ2v) is 22.1. The van der Waals surface area contributed by atoms with Crippen molar-refractivity contribution in [2.24, 2.45) is 10.8 Å². The first-order chi connectivity index (χ1) is 36.1. The van der Waals surface area contributed by atoms with Gasteiger partial charge in [0.15, 0.2) is 0 Å². The van der Waals surface area contributed by atoms with Gasteiger partial charge in [0.2, 0.25) is 5.91 Å². The first-order valence-corrected chi connectivity index (χ1v) is 29.5. The third kappa shape index (κ3) is 21.9. The van der Waals surface area contributed by atoms with Gasteiger partial charge in [0.05, 0.1) is 34.5 Å². The summed E-state index contributed by atoms with van der Waals surface area (Å²) in [6, 6.07) is 26.4. The molecule has 1 heterocycles. The number of ether oxygens (including phenoxy) is 4. The Balaban J connectivity index is 0.983. The minimum absolute atomic E-state index is 0.0383. The SMILES string of the molecule is COC(=O)CCCCCCCCCCCNCCCCCCCCCCCCNCCCCCCCCCC(=O)N1C[C@](C)(COC(c2ccccc2)(c2ccc(OC)cc2)c2ccc(OC)cc2)[C@](C)(CO)C1. The summed E-state index contributed by atoms with van der Waals surface area (Å²) in [5.74, 6) is 1.62. The molecule has 10 nitrogen and oxygen atoms in total. The number of carbonyl (C=O) groups excluding carboxylic acids is 2. The Labute approximate surface area is 450 Å². The van der Waals surface area contributed by atoms with Crippen LogP contribution >= 0.6 is 0 Å². The first-order valence-electron chi connectivity index (χ1n) is 29.5. The number of benzene rings is 3. The van der Waals surface area contributed by atoms with Crippen molar-refractivity contribution in [1.82, 2.24) is 15.5 Å². The zero-order valence-corrected chi connectivity index (χ0v) is 47.3. The van der Waals surface area contributed by atoms with Crippen LogP contribution in [0.2, 0.25) is 0 Å². The molecule has 0 saturated carbocycles. The predicted molar refractivity (Wildman–Crippen MR) is 305 cm³/mol. The van der Waals surface area contributed by atoms with Crippen LogP contribution in [-0.2, 0) is 24.7 Å². The van der Waals surface area contributed by atoms with Gasteiger partial charge >= 0.3 is 5.97 Å². The molecule has 2 atom stereocenters. The second-order valence-electron chi connectivity index (χ2n) is 22.1. The van der Waals surface area contributed by atoms with E-state index < -0.39 is 16.4 Å². The van der Waals surface area contributed by atoms with Gasteiger partial charge in [0.1, 0.15) is 17.1 Å². The highest BCUT2D eigenvalue weighted by molar-refractivity contribution is 5.76. The van der Waals surface area contributed by atoms with Crippen LogP contribution < -0.4 is 20.1 Å². The standard InChI is InChI=1S/C64H103N3O7/c1-62(53-68)51-67(52-63(62,2)54-74-64(55-35-27-26-28-36-55,56-39-43-58(71-3)44-40-56)57-41-45-59(72-4)46-42-57)60(69)37-29-20-14-13-19-25-34-50-66-48-32-23-17-11-7-6-10-16-22-31-47-65-49-33-24-18-12-8-9-15-21-30-38-61(70)73-5/h26-28,35-36,39-46,65-66,68H,6-25,29-34,37-38,47-54H2,1-5H3/t62-,63+/m0/s1. The molecule has 0 bridgehead atoms. The highest BCUT2D eigenvalue weighted by Crippen LogP contribution is 2.49. The molecule has 74 heavy (non-hydrogen) atoms. The molecule has 0 radical (unpaired) electrons. The molecule has 0 spiro atoms. The summed E-state index contributed by atoms with van der Waals surface area (Å²) in [5, 5.41) is 18.3. The Morgan fingerprint density at radius 1 is 0.486 bits per heavy atom. The third-order valence-electron chi connectivity index (χ3n) is 16.2. The topological polar surface area (TPSA) is 119 Å². The number of esters is 1. The van der Waals surface area contributed by atoms with E-state index in [1.54, 1.807) is 14.2 Å². The summed E-state index contributed by atoms with van der Waals surface area (Å²) in [7, 11) is 4.81. The van der Waals surface area contributed by atoms with Crippen molar-refractivity contribution in [2.45, 2.75) is 199 Å². The lowest BCUT2D eigenvalue weighted by Crippen LogP contribution is -2.46. The molecule has 4 rings (SSSR count). The lowest BCUT2D eigenvalue weighted by molar-refractivity contribution is -0.140. The molecule has 3 aromatic rings. The lowest BCUT2D eigenvalue weighted by Gasteiger charge is -2.43. The van der Waals surface area contributed by atoms with Gasteiger partial charge in [-0.1, -0.05) is 197 Å². The monoisotopic (exact) mass is 1030 g/mol. The molecule has 1 fully saturated rings. The van der Waals surface area contributed by atoms with Gasteiger partial charge in [0, 0.05) is 36.8 Å². The molecular weight excluding hydrogens is 923 g/mol. The van der Waals surface area contributed by atoms with E-state index in [0.29, 0.717) is 32.5 Å². The van der Waals surface area contributed by atoms with E-state index >= 15 is 0 Å². The summed E-state index contributed by atoms with van der Waals surface area (Å²) in [6.45, 7) is 10.2. The number of likely N-dealkylation sites (tertiary alicyclic amines) is 1. The van der Waals surface area contributed by atoms with E-state index in [2.05, 4.69) is 60.9 Å². The van der Waals surface area contributed by atoms with Crippen molar-refractivity contribution >= 4 is 11.9 Å². The maximum absolute atomic E-state index is 13.8. The number of methoxy groups -OCH3 is 3. The van der Waals surface area contributed by atoms with Crippen molar-refractivity contribution in [2.75, 3.05) is 73.8 Å². The average Bonchev–Trinajstić information content (AvgIpc) is 3.71. The smallest absolute Gasteiger partial charge is 0.305 e. The van der Waals surface area contributed by atoms with Gasteiger partial charge in [-0.25, -0.2) is 0 Å². The number of nitrogens with zero attached hydrogens (tertiary/aromatic N) is 1. The molecule has 416 valence electrons. The fourth-order valence-corrected chi connectivity index (χ4v) is 10.9. The number of nitrogens with one attached hydrogen (secondary N) is 2. The zero-order chi connectivity index (χ0) is 53.0. The first kappa shape index (κ1) is 62.6. The van der Waals surface area contributed by atoms with Crippen molar-refractivity contribution < 1.29 is 33.6 Å². The van der Waals surface area contributed by atoms with Gasteiger partial charge in [-0.15, -0.1) is 0 Å². The number of aliphatic hydroxyl groups is 1. The molecule has 1 saturated heterocycles. The van der Waals surface area contributed by atoms with Gasteiger partial charge in [0.25, 0.3) is 0 Å². The Hall–Kier alpha value is -3.96. The molecule has 1 amide bonds. The summed E-state index contributed by atoms with van der Waals surface area (Å²) in [5.41, 5.74) is 0.863. The summed E-state index contributed by atoms with van der Waals surface area (Å²) in [4.78, 5) is 26.9. The normalized spacial score (nSPS) is 16.7. The van der Waals surface area contributed by atoms with E-state index in [4.69, 9.17) is 18.9 Å². The summed E-state index contributed by atoms with van der Waals surface area (Å²) < 4.78 is 23.1. The minimum Gasteiger partial charge on any atom is -0.497 e. The number of carbonyl (C=O) groups is 2. The van der Waals surface area contributed by atoms with Crippen molar-refractivity contribution in [3.63, 3.8) is 0 Å². The van der Waals surface area contributed by atoms with Gasteiger partial charge in [-0.05, 0) is 106 Å². The van der Waals surface area contributed by atoms with Crippen LogP contribution in [0.4, 0.5) is 0 Å². The van der Waals surface area contributed by atoms with Crippen LogP contribution in [0.15, 0.2) is 78.9 Å². The Bertz CT molecular complexity index is 1850. The largest absolute Gasteiger partial charge is 0.497 e. The van der Waals surface area contributed by atoms with Crippen molar-refractivity contribution in [1.29, 1.82) is 0 Å². The number of aliphatic hydroxyl groups excluding tert-OH is 1. The molecule has 1 aliphatic rings. The fourth-order valence-electron chi connectivity index (χ4n) is 10.9. The third-order valence-corrected chi connectivity index (χ3v) is 16.2. The highest BCUT2D eigenvalue weighted by atomic mass is 16.5. The lowest BCUT2D eigenvalue weighted by atomic mass is 9.68. The van der Waals surface area contributed by atoms with Crippen LogP contribution in [0.3, 0.4) is 0 Å². The Morgan fingerprint density at radius 2 is 0.838 bits per heavy atom. The van der Waals surface area contributed by atoms with Crippen LogP contribution in [0.5, 0.6) is 11.5 Å². The molecular formula is C64H103N3O7. The molecule has 10 heteroatoms. The molecule has 3 N–H and O–H groups in total. The van der Waals surface area contributed by atoms with E-state index in [0.717, 1.165) is 67.0 Å². The fraction of sp³-hybridized carbons (Fsp3) is 0.688. The maximum Gasteiger partial charge on any atom is 0.305 e. The second kappa shape index (κ2) is 36.9. The van der Waals surface area contributed by atoms with Crippen LogP contribution in [0, 0.1) is 10.8 Å². The van der Waals surface area contributed by atoms with E-state index in [1.807, 2.05) is 47.4 Å². The van der Waals surface area contributed by atoms with E-state index in [9.17, 15) is 14.7 Å². The Morgan fingerprint density at radius 3 is 1.22 bits per heavy atom. The number of hydrogen-bond acceptors (Lipinski definition) is 9. The van der Waals surface area contributed by atoms with Crippen LogP contribution in [-0.4, -0.2) is 95.7 Å². The average molecular weight is 1030 g/mol.